The normalized spacial score (nSPS) is 14.8. The molecule has 0 saturated carbocycles. The van der Waals surface area contributed by atoms with Crippen molar-refractivity contribution in [3.05, 3.63) is 95.8 Å². The second-order valence-corrected chi connectivity index (χ2v) is 9.69. The van der Waals surface area contributed by atoms with Gasteiger partial charge in [-0.15, -0.1) is 0 Å². The number of ether oxygens (including phenoxy) is 1. The molecule has 1 aliphatic rings. The zero-order valence-corrected chi connectivity index (χ0v) is 21.1. The molecule has 0 unspecified atom stereocenters. The number of nitrogens with zero attached hydrogens (tertiary/aromatic N) is 2. The van der Waals surface area contributed by atoms with Gasteiger partial charge in [-0.2, -0.15) is 4.57 Å². The Morgan fingerprint density at radius 3 is 2.51 bits per heavy atom. The van der Waals surface area contributed by atoms with Crippen LogP contribution in [0.3, 0.4) is 0 Å². The molecule has 4 aromatic rings. The lowest BCUT2D eigenvalue weighted by atomic mass is 10.0. The molecule has 0 spiro atoms. The van der Waals surface area contributed by atoms with Gasteiger partial charge in [0, 0.05) is 29.8 Å². The van der Waals surface area contributed by atoms with Gasteiger partial charge in [0.05, 0.1) is 11.9 Å². The van der Waals surface area contributed by atoms with Gasteiger partial charge in [0.15, 0.2) is 6.54 Å². The second-order valence-electron chi connectivity index (χ2n) is 8.66. The number of hydrogen-bond acceptors (Lipinski definition) is 5. The van der Waals surface area contributed by atoms with Crippen LogP contribution in [0.15, 0.2) is 90.8 Å². The summed E-state index contributed by atoms with van der Waals surface area (Å²) in [6.45, 7) is 1.84. The third-order valence-corrected chi connectivity index (χ3v) is 7.58. The molecule has 7 heteroatoms. The van der Waals surface area contributed by atoms with Crippen molar-refractivity contribution in [2.24, 2.45) is 0 Å². The summed E-state index contributed by atoms with van der Waals surface area (Å²) in [5.74, 6) is -0.813. The first-order valence-electron chi connectivity index (χ1n) is 12.2. The molecule has 37 heavy (non-hydrogen) atoms. The van der Waals surface area contributed by atoms with Gasteiger partial charge in [-0.3, -0.25) is 9.59 Å². The summed E-state index contributed by atoms with van der Waals surface area (Å²) in [6, 6.07) is 16.7. The fourth-order valence-corrected chi connectivity index (χ4v) is 6.00. The van der Waals surface area contributed by atoms with Crippen molar-refractivity contribution < 1.29 is 24.0 Å². The second kappa shape index (κ2) is 11.2. The van der Waals surface area contributed by atoms with Crippen molar-refractivity contribution in [1.82, 2.24) is 4.90 Å². The summed E-state index contributed by atoms with van der Waals surface area (Å²) in [4.78, 5) is 23.9. The molecular formula is C30H27N2O4S+. The van der Waals surface area contributed by atoms with Gasteiger partial charge in [-0.05, 0) is 22.9 Å². The van der Waals surface area contributed by atoms with Gasteiger partial charge in [-0.1, -0.05) is 78.1 Å². The van der Waals surface area contributed by atoms with Crippen LogP contribution in [-0.4, -0.2) is 35.6 Å². The van der Waals surface area contributed by atoms with Crippen LogP contribution in [-0.2, 0) is 20.9 Å². The van der Waals surface area contributed by atoms with Gasteiger partial charge in [0.25, 0.3) is 11.5 Å². The highest BCUT2D eigenvalue weighted by atomic mass is 32.1. The number of rotatable bonds is 10. The largest absolute Gasteiger partial charge is 0.481 e. The third-order valence-electron chi connectivity index (χ3n) is 6.40. The fraction of sp³-hybridized carbons (Fsp3) is 0.167. The fourth-order valence-electron chi connectivity index (χ4n) is 4.75. The Kier molecular flexibility index (Phi) is 7.42. The average Bonchev–Trinajstić information content (AvgIpc) is 3.52. The van der Waals surface area contributed by atoms with E-state index < -0.39 is 5.97 Å². The quantitative estimate of drug-likeness (QED) is 0.0956. The molecule has 2 heterocycles. The zero-order valence-electron chi connectivity index (χ0n) is 20.2. The van der Waals surface area contributed by atoms with Crippen LogP contribution in [0.1, 0.15) is 17.8 Å². The SMILES string of the molecule is O=COCCN1C=CC/C1=C/C=C/C=C/c1sc2c3ccccc3c3ccccc3c2[n+]1CCC(=O)O. The van der Waals surface area contributed by atoms with Crippen molar-refractivity contribution in [2.45, 2.75) is 19.4 Å². The molecule has 186 valence electrons. The number of carbonyl (C=O) groups is 2. The first-order valence-corrected chi connectivity index (χ1v) is 13.0. The maximum absolute atomic E-state index is 11.5. The van der Waals surface area contributed by atoms with Gasteiger partial charge < -0.3 is 14.7 Å². The Morgan fingerprint density at radius 2 is 1.76 bits per heavy atom. The third kappa shape index (κ3) is 5.17. The summed E-state index contributed by atoms with van der Waals surface area (Å²) < 4.78 is 8.11. The van der Waals surface area contributed by atoms with Gasteiger partial charge in [0.2, 0.25) is 5.52 Å². The minimum absolute atomic E-state index is 0.0527. The topological polar surface area (TPSA) is 70.7 Å². The molecule has 5 rings (SSSR count). The molecule has 0 amide bonds. The maximum atomic E-state index is 11.5. The van der Waals surface area contributed by atoms with Crippen LogP contribution in [0.25, 0.3) is 37.8 Å². The predicted octanol–water partition coefficient (Wildman–Crippen LogP) is 5.82. The van der Waals surface area contributed by atoms with E-state index in [2.05, 4.69) is 58.0 Å². The molecular weight excluding hydrogens is 484 g/mol. The Hall–Kier alpha value is -4.23. The number of hydrogen-bond donors (Lipinski definition) is 1. The molecule has 1 N–H and O–H groups in total. The molecule has 0 bridgehead atoms. The number of carboxylic acids is 1. The minimum Gasteiger partial charge on any atom is -0.481 e. The number of allylic oxidation sites excluding steroid dienone is 5. The smallest absolute Gasteiger partial charge is 0.309 e. The summed E-state index contributed by atoms with van der Waals surface area (Å²) >= 11 is 1.69. The molecule has 0 radical (unpaired) electrons. The number of aryl methyl sites for hydroxylation is 1. The van der Waals surface area contributed by atoms with Crippen molar-refractivity contribution in [2.75, 3.05) is 13.2 Å². The highest BCUT2D eigenvalue weighted by molar-refractivity contribution is 7.20. The number of fused-ring (bicyclic) bond motifs is 6. The van der Waals surface area contributed by atoms with Crippen LogP contribution in [0.2, 0.25) is 0 Å². The van der Waals surface area contributed by atoms with Crippen LogP contribution >= 0.6 is 11.3 Å². The van der Waals surface area contributed by atoms with Crippen LogP contribution < -0.4 is 4.57 Å². The van der Waals surface area contributed by atoms with E-state index in [-0.39, 0.29) is 6.42 Å². The lowest BCUT2D eigenvalue weighted by Crippen LogP contribution is -2.36. The lowest BCUT2D eigenvalue weighted by Gasteiger charge is -2.17. The van der Waals surface area contributed by atoms with Crippen molar-refractivity contribution in [3.63, 3.8) is 0 Å². The standard InChI is InChI=1S/C30H26N2O4S/c33-21-36-20-19-31-17-8-10-22(31)9-2-1-3-15-27-32(18-16-28(34)35)29-25-13-6-4-11-23(25)24-12-5-7-14-26(24)30(29)37-27/h1-9,11-15,17,21H,10,16,18-20H2/p+1. The Bertz CT molecular complexity index is 1600. The zero-order chi connectivity index (χ0) is 25.6. The van der Waals surface area contributed by atoms with Crippen molar-refractivity contribution >= 4 is 61.6 Å². The highest BCUT2D eigenvalue weighted by Gasteiger charge is 2.24. The minimum atomic E-state index is -0.813. The summed E-state index contributed by atoms with van der Waals surface area (Å²) in [6.07, 6.45) is 15.0. The number of benzene rings is 3. The Morgan fingerprint density at radius 1 is 1.03 bits per heavy atom. The van der Waals surface area contributed by atoms with E-state index in [1.165, 1.54) is 16.2 Å². The van der Waals surface area contributed by atoms with E-state index in [0.29, 0.717) is 26.2 Å². The molecule has 6 nitrogen and oxygen atoms in total. The predicted molar refractivity (Wildman–Crippen MR) is 148 cm³/mol. The number of carbonyl (C=O) groups excluding carboxylic acids is 1. The first kappa shape index (κ1) is 24.5. The van der Waals surface area contributed by atoms with E-state index in [0.717, 1.165) is 32.7 Å². The Balaban J connectivity index is 1.50. The van der Waals surface area contributed by atoms with E-state index in [1.807, 2.05) is 42.6 Å². The number of aromatic nitrogens is 1. The van der Waals surface area contributed by atoms with Gasteiger partial charge in [0.1, 0.15) is 17.7 Å². The molecule has 0 atom stereocenters. The van der Waals surface area contributed by atoms with E-state index in [4.69, 9.17) is 4.74 Å². The Labute approximate surface area is 218 Å². The molecule has 0 aliphatic carbocycles. The number of aliphatic carboxylic acids is 1. The summed E-state index contributed by atoms with van der Waals surface area (Å²) in [5.41, 5.74) is 2.21. The average molecular weight is 512 g/mol. The number of thiazole rings is 1. The van der Waals surface area contributed by atoms with Crippen LogP contribution in [0.4, 0.5) is 0 Å². The van der Waals surface area contributed by atoms with E-state index in [1.54, 1.807) is 11.3 Å². The molecule has 0 fully saturated rings. The van der Waals surface area contributed by atoms with Gasteiger partial charge in [-0.25, -0.2) is 0 Å². The molecule has 1 aromatic heterocycles. The molecule has 1 aliphatic heterocycles. The van der Waals surface area contributed by atoms with Crippen LogP contribution in [0.5, 0.6) is 0 Å². The van der Waals surface area contributed by atoms with Crippen molar-refractivity contribution in [3.8, 4) is 0 Å². The summed E-state index contributed by atoms with van der Waals surface area (Å²) in [7, 11) is 0. The molecule has 3 aromatic carbocycles. The highest BCUT2D eigenvalue weighted by Crippen LogP contribution is 2.37. The first-order chi connectivity index (χ1) is 18.2. The molecule has 0 saturated heterocycles. The van der Waals surface area contributed by atoms with Crippen molar-refractivity contribution in [1.29, 1.82) is 0 Å². The lowest BCUT2D eigenvalue weighted by molar-refractivity contribution is -0.667. The van der Waals surface area contributed by atoms with E-state index >= 15 is 0 Å². The van der Waals surface area contributed by atoms with Crippen LogP contribution in [0, 0.1) is 0 Å². The van der Waals surface area contributed by atoms with E-state index in [9.17, 15) is 14.7 Å². The summed E-state index contributed by atoms with van der Waals surface area (Å²) in [5, 5.41) is 15.1. The number of carboxylic acid groups (broad SMARTS) is 1. The monoisotopic (exact) mass is 511 g/mol. The van der Waals surface area contributed by atoms with Gasteiger partial charge >= 0.3 is 5.97 Å². The maximum Gasteiger partial charge on any atom is 0.309 e.